The number of hydrogen-bond acceptors (Lipinski definition) is 2. The lowest BCUT2D eigenvalue weighted by atomic mass is 10.2. The SMILES string of the molecule is CN=C(NC)NCC(=O)Nc1ccc(Br)cc1C.I. The summed E-state index contributed by atoms with van der Waals surface area (Å²) < 4.78 is 0.992. The minimum absolute atomic E-state index is 0. The second-order valence-corrected chi connectivity index (χ2v) is 4.60. The first-order chi connectivity index (χ1) is 8.56. The minimum Gasteiger partial charge on any atom is -0.359 e. The van der Waals surface area contributed by atoms with Gasteiger partial charge in [-0.1, -0.05) is 15.9 Å². The summed E-state index contributed by atoms with van der Waals surface area (Å²) in [6.07, 6.45) is 0. The molecule has 1 amide bonds. The van der Waals surface area contributed by atoms with Gasteiger partial charge in [-0.3, -0.25) is 9.79 Å². The third-order valence-electron chi connectivity index (χ3n) is 2.34. The number of rotatable bonds is 3. The molecule has 0 heterocycles. The lowest BCUT2D eigenvalue weighted by molar-refractivity contribution is -0.115. The number of amides is 1. The van der Waals surface area contributed by atoms with Gasteiger partial charge in [0.1, 0.15) is 0 Å². The van der Waals surface area contributed by atoms with Gasteiger partial charge >= 0.3 is 0 Å². The van der Waals surface area contributed by atoms with Crippen molar-refractivity contribution in [2.45, 2.75) is 6.92 Å². The molecule has 0 saturated carbocycles. The summed E-state index contributed by atoms with van der Waals surface area (Å²) in [6, 6.07) is 5.71. The van der Waals surface area contributed by atoms with Crippen molar-refractivity contribution in [2.24, 2.45) is 4.99 Å². The van der Waals surface area contributed by atoms with Crippen LogP contribution >= 0.6 is 39.9 Å². The van der Waals surface area contributed by atoms with E-state index in [4.69, 9.17) is 0 Å². The third kappa shape index (κ3) is 6.24. The fraction of sp³-hybridized carbons (Fsp3) is 0.333. The van der Waals surface area contributed by atoms with Crippen LogP contribution in [0, 0.1) is 6.92 Å². The first-order valence-electron chi connectivity index (χ1n) is 5.51. The maximum Gasteiger partial charge on any atom is 0.243 e. The van der Waals surface area contributed by atoms with Gasteiger partial charge in [-0.2, -0.15) is 0 Å². The lowest BCUT2D eigenvalue weighted by Crippen LogP contribution is -2.39. The molecule has 19 heavy (non-hydrogen) atoms. The van der Waals surface area contributed by atoms with Gasteiger partial charge in [0.2, 0.25) is 5.91 Å². The molecule has 1 aromatic rings. The number of benzene rings is 1. The Morgan fingerprint density at radius 2 is 2.11 bits per heavy atom. The highest BCUT2D eigenvalue weighted by molar-refractivity contribution is 14.0. The third-order valence-corrected chi connectivity index (χ3v) is 2.83. The van der Waals surface area contributed by atoms with E-state index in [1.807, 2.05) is 25.1 Å². The number of anilines is 1. The Kier molecular flexibility index (Phi) is 8.73. The number of carbonyl (C=O) groups excluding carboxylic acids is 1. The van der Waals surface area contributed by atoms with Crippen molar-refractivity contribution in [2.75, 3.05) is 26.0 Å². The predicted molar refractivity (Wildman–Crippen MR) is 93.3 cm³/mol. The molecule has 0 fully saturated rings. The van der Waals surface area contributed by atoms with E-state index in [9.17, 15) is 4.79 Å². The maximum absolute atomic E-state index is 11.7. The Hall–Kier alpha value is -0.830. The van der Waals surface area contributed by atoms with Gasteiger partial charge in [-0.15, -0.1) is 24.0 Å². The monoisotopic (exact) mass is 440 g/mol. The number of carbonyl (C=O) groups is 1. The topological polar surface area (TPSA) is 65.5 Å². The average Bonchev–Trinajstić information content (AvgIpc) is 2.34. The van der Waals surface area contributed by atoms with Crippen LogP contribution in [0.25, 0.3) is 0 Å². The van der Waals surface area contributed by atoms with Crippen molar-refractivity contribution in [3.8, 4) is 0 Å². The summed E-state index contributed by atoms with van der Waals surface area (Å²) in [6.45, 7) is 2.11. The largest absolute Gasteiger partial charge is 0.359 e. The summed E-state index contributed by atoms with van der Waals surface area (Å²) in [4.78, 5) is 15.6. The Labute approximate surface area is 138 Å². The Morgan fingerprint density at radius 3 is 2.63 bits per heavy atom. The van der Waals surface area contributed by atoms with Crippen LogP contribution in [0.15, 0.2) is 27.7 Å². The van der Waals surface area contributed by atoms with Crippen LogP contribution in [-0.2, 0) is 4.79 Å². The van der Waals surface area contributed by atoms with E-state index in [-0.39, 0.29) is 36.4 Å². The van der Waals surface area contributed by atoms with Gasteiger partial charge in [-0.25, -0.2) is 0 Å². The van der Waals surface area contributed by atoms with Crippen LogP contribution in [0.5, 0.6) is 0 Å². The molecule has 5 nitrogen and oxygen atoms in total. The number of guanidine groups is 1. The molecule has 7 heteroatoms. The first-order valence-corrected chi connectivity index (χ1v) is 6.30. The van der Waals surface area contributed by atoms with Crippen molar-refractivity contribution in [1.29, 1.82) is 0 Å². The zero-order chi connectivity index (χ0) is 13.5. The van der Waals surface area contributed by atoms with Gasteiger partial charge in [-0.05, 0) is 30.7 Å². The van der Waals surface area contributed by atoms with Gasteiger partial charge in [0.25, 0.3) is 0 Å². The van der Waals surface area contributed by atoms with E-state index < -0.39 is 0 Å². The molecule has 0 aliphatic rings. The van der Waals surface area contributed by atoms with Crippen molar-refractivity contribution >= 4 is 57.5 Å². The van der Waals surface area contributed by atoms with E-state index in [1.165, 1.54) is 0 Å². The quantitative estimate of drug-likeness (QED) is 0.383. The molecule has 0 aliphatic heterocycles. The highest BCUT2D eigenvalue weighted by Crippen LogP contribution is 2.19. The van der Waals surface area contributed by atoms with Crippen LogP contribution in [0.4, 0.5) is 5.69 Å². The molecule has 1 rings (SSSR count). The van der Waals surface area contributed by atoms with E-state index in [1.54, 1.807) is 14.1 Å². The molecule has 0 saturated heterocycles. The molecule has 0 atom stereocenters. The van der Waals surface area contributed by atoms with E-state index >= 15 is 0 Å². The summed E-state index contributed by atoms with van der Waals surface area (Å²) in [7, 11) is 3.39. The molecule has 0 spiro atoms. The second-order valence-electron chi connectivity index (χ2n) is 3.68. The number of nitrogens with one attached hydrogen (secondary N) is 3. The summed E-state index contributed by atoms with van der Waals surface area (Å²) in [5.41, 5.74) is 1.82. The standard InChI is InChI=1S/C12H17BrN4O.HI/c1-8-6-9(13)4-5-10(8)17-11(18)7-16-12(14-2)15-3;/h4-6H,7H2,1-3H3,(H,17,18)(H2,14,15,16);1H. The van der Waals surface area contributed by atoms with Gasteiger partial charge < -0.3 is 16.0 Å². The molecule has 0 aromatic heterocycles. The predicted octanol–water partition coefficient (Wildman–Crippen LogP) is 2.11. The molecule has 3 N–H and O–H groups in total. The van der Waals surface area contributed by atoms with Crippen LogP contribution in [0.3, 0.4) is 0 Å². The fourth-order valence-corrected chi connectivity index (χ4v) is 1.88. The second kappa shape index (κ2) is 9.13. The number of aliphatic imine (C=N–C) groups is 1. The van der Waals surface area contributed by atoms with Gasteiger partial charge in [0.05, 0.1) is 6.54 Å². The van der Waals surface area contributed by atoms with E-state index in [2.05, 4.69) is 36.9 Å². The van der Waals surface area contributed by atoms with Crippen molar-refractivity contribution < 1.29 is 4.79 Å². The lowest BCUT2D eigenvalue weighted by Gasteiger charge is -2.11. The molecule has 1 aromatic carbocycles. The summed E-state index contributed by atoms with van der Waals surface area (Å²) in [5, 5.41) is 8.57. The van der Waals surface area contributed by atoms with Crippen LogP contribution in [0.1, 0.15) is 5.56 Å². The van der Waals surface area contributed by atoms with E-state index in [0.29, 0.717) is 5.96 Å². The molecule has 106 valence electrons. The highest BCUT2D eigenvalue weighted by atomic mass is 127. The van der Waals surface area contributed by atoms with Gasteiger partial charge in [0, 0.05) is 24.3 Å². The van der Waals surface area contributed by atoms with Crippen molar-refractivity contribution in [1.82, 2.24) is 10.6 Å². The van der Waals surface area contributed by atoms with Crippen LogP contribution in [-0.4, -0.2) is 32.5 Å². The van der Waals surface area contributed by atoms with Crippen LogP contribution < -0.4 is 16.0 Å². The van der Waals surface area contributed by atoms with Crippen molar-refractivity contribution in [3.05, 3.63) is 28.2 Å². The summed E-state index contributed by atoms with van der Waals surface area (Å²) >= 11 is 3.38. The van der Waals surface area contributed by atoms with Crippen molar-refractivity contribution in [3.63, 3.8) is 0 Å². The molecule has 0 bridgehead atoms. The summed E-state index contributed by atoms with van der Waals surface area (Å²) in [5.74, 6) is 0.467. The first kappa shape index (κ1) is 18.2. The molecule has 0 radical (unpaired) electrons. The van der Waals surface area contributed by atoms with Gasteiger partial charge in [0.15, 0.2) is 5.96 Å². The zero-order valence-corrected chi connectivity index (χ0v) is 15.0. The number of nitrogens with zero attached hydrogens (tertiary/aromatic N) is 1. The molecule has 0 unspecified atom stereocenters. The maximum atomic E-state index is 11.7. The average molecular weight is 441 g/mol. The Morgan fingerprint density at radius 1 is 1.42 bits per heavy atom. The molecular weight excluding hydrogens is 423 g/mol. The molecular formula is C12H18BrIN4O. The van der Waals surface area contributed by atoms with Crippen LogP contribution in [0.2, 0.25) is 0 Å². The molecule has 0 aliphatic carbocycles. The fourth-order valence-electron chi connectivity index (χ4n) is 1.40. The smallest absolute Gasteiger partial charge is 0.243 e. The number of hydrogen-bond donors (Lipinski definition) is 3. The Balaban J connectivity index is 0.00000324. The number of aryl methyl sites for hydroxylation is 1. The van der Waals surface area contributed by atoms with E-state index in [0.717, 1.165) is 15.7 Å². The number of halogens is 2. The highest BCUT2D eigenvalue weighted by Gasteiger charge is 2.05. The normalized spacial score (nSPS) is 10.4. The minimum atomic E-state index is -0.114. The Bertz CT molecular complexity index is 465. The zero-order valence-electron chi connectivity index (χ0n) is 11.1.